The van der Waals surface area contributed by atoms with Gasteiger partial charge < -0.3 is 9.84 Å². The number of benzene rings is 1. The Labute approximate surface area is 77.5 Å². The summed E-state index contributed by atoms with van der Waals surface area (Å²) in [5, 5.41) is 9.59. The molecular weight excluding hydrogens is 164 g/mol. The fourth-order valence-corrected chi connectivity index (χ4v) is 1.60. The number of hydrogen-bond acceptors (Lipinski definition) is 2. The molecule has 0 aromatic heterocycles. The molecule has 1 N–H and O–H groups in total. The van der Waals surface area contributed by atoms with Crippen LogP contribution < -0.4 is 0 Å². The Hall–Kier alpha value is -1.12. The van der Waals surface area contributed by atoms with Gasteiger partial charge in [-0.15, -0.1) is 6.58 Å². The molecule has 0 saturated heterocycles. The molecule has 1 aromatic carbocycles. The molecule has 0 amide bonds. The van der Waals surface area contributed by atoms with Crippen molar-refractivity contribution in [1.82, 2.24) is 0 Å². The maximum Gasteiger partial charge on any atom is 0.182 e. The highest BCUT2D eigenvalue weighted by Gasteiger charge is 2.23. The lowest BCUT2D eigenvalue weighted by Crippen LogP contribution is -2.24. The molecule has 2 atom stereocenters. The second-order valence-corrected chi connectivity index (χ2v) is 3.17. The summed E-state index contributed by atoms with van der Waals surface area (Å²) >= 11 is 0. The first-order chi connectivity index (χ1) is 6.31. The minimum absolute atomic E-state index is 0.0649. The maximum atomic E-state index is 9.59. The molecule has 0 fully saturated rings. The van der Waals surface area contributed by atoms with E-state index < -0.39 is 6.29 Å². The number of rotatable bonds is 1. The van der Waals surface area contributed by atoms with Gasteiger partial charge in [0, 0.05) is 12.0 Å². The number of aliphatic hydroxyl groups excluding tert-OH is 1. The molecule has 1 heterocycles. The van der Waals surface area contributed by atoms with Crippen molar-refractivity contribution in [3.63, 3.8) is 0 Å². The lowest BCUT2D eigenvalue weighted by molar-refractivity contribution is -0.134. The Balaban J connectivity index is 2.36. The SMILES string of the molecule is C=CC1Cc2ccccc2C(O)O1. The molecule has 0 saturated carbocycles. The second kappa shape index (κ2) is 3.32. The van der Waals surface area contributed by atoms with Gasteiger partial charge in [-0.25, -0.2) is 0 Å². The summed E-state index contributed by atoms with van der Waals surface area (Å²) in [6, 6.07) is 7.77. The first-order valence-electron chi connectivity index (χ1n) is 4.35. The van der Waals surface area contributed by atoms with Crippen LogP contribution in [0.3, 0.4) is 0 Å². The Morgan fingerprint density at radius 2 is 2.23 bits per heavy atom. The third-order valence-electron chi connectivity index (χ3n) is 2.31. The molecule has 2 rings (SSSR count). The minimum atomic E-state index is -0.798. The summed E-state index contributed by atoms with van der Waals surface area (Å²) in [5.74, 6) is 0. The van der Waals surface area contributed by atoms with Crippen molar-refractivity contribution in [1.29, 1.82) is 0 Å². The molecule has 0 spiro atoms. The first-order valence-corrected chi connectivity index (χ1v) is 4.35. The van der Waals surface area contributed by atoms with E-state index in [0.717, 1.165) is 17.5 Å². The van der Waals surface area contributed by atoms with E-state index in [9.17, 15) is 5.11 Å². The van der Waals surface area contributed by atoms with Crippen molar-refractivity contribution in [3.8, 4) is 0 Å². The quantitative estimate of drug-likeness (QED) is 0.661. The minimum Gasteiger partial charge on any atom is -0.364 e. The van der Waals surface area contributed by atoms with Gasteiger partial charge in [-0.2, -0.15) is 0 Å². The number of ether oxygens (including phenoxy) is 1. The van der Waals surface area contributed by atoms with E-state index >= 15 is 0 Å². The van der Waals surface area contributed by atoms with Gasteiger partial charge in [0.1, 0.15) is 0 Å². The zero-order valence-corrected chi connectivity index (χ0v) is 7.31. The third-order valence-corrected chi connectivity index (χ3v) is 2.31. The van der Waals surface area contributed by atoms with Crippen LogP contribution in [0.15, 0.2) is 36.9 Å². The number of hydrogen-bond donors (Lipinski definition) is 1. The van der Waals surface area contributed by atoms with Crippen LogP contribution in [0.25, 0.3) is 0 Å². The monoisotopic (exact) mass is 176 g/mol. The Kier molecular flexibility index (Phi) is 2.17. The molecule has 0 radical (unpaired) electrons. The van der Waals surface area contributed by atoms with E-state index in [1.165, 1.54) is 0 Å². The van der Waals surface area contributed by atoms with Crippen LogP contribution in [0.2, 0.25) is 0 Å². The van der Waals surface area contributed by atoms with Gasteiger partial charge in [-0.1, -0.05) is 30.3 Å². The first kappa shape index (κ1) is 8.48. The topological polar surface area (TPSA) is 29.5 Å². The van der Waals surface area contributed by atoms with Gasteiger partial charge >= 0.3 is 0 Å². The molecule has 0 aliphatic carbocycles. The summed E-state index contributed by atoms with van der Waals surface area (Å²) in [6.45, 7) is 3.66. The summed E-state index contributed by atoms with van der Waals surface area (Å²) in [7, 11) is 0. The van der Waals surface area contributed by atoms with Crippen LogP contribution in [0.1, 0.15) is 17.4 Å². The number of fused-ring (bicyclic) bond motifs is 1. The van der Waals surface area contributed by atoms with Crippen LogP contribution in [-0.2, 0) is 11.2 Å². The van der Waals surface area contributed by atoms with Gasteiger partial charge in [0.2, 0.25) is 0 Å². The van der Waals surface area contributed by atoms with E-state index in [1.807, 2.05) is 24.3 Å². The molecule has 68 valence electrons. The fourth-order valence-electron chi connectivity index (χ4n) is 1.60. The highest BCUT2D eigenvalue weighted by atomic mass is 16.6. The van der Waals surface area contributed by atoms with Crippen LogP contribution in [0.5, 0.6) is 0 Å². The fraction of sp³-hybridized carbons (Fsp3) is 0.273. The zero-order valence-electron chi connectivity index (χ0n) is 7.31. The van der Waals surface area contributed by atoms with Gasteiger partial charge in [-0.3, -0.25) is 0 Å². The van der Waals surface area contributed by atoms with E-state index in [2.05, 4.69) is 6.58 Å². The van der Waals surface area contributed by atoms with Crippen molar-refractivity contribution in [2.45, 2.75) is 18.8 Å². The van der Waals surface area contributed by atoms with E-state index in [4.69, 9.17) is 4.74 Å². The highest BCUT2D eigenvalue weighted by molar-refractivity contribution is 5.30. The average molecular weight is 176 g/mol. The van der Waals surface area contributed by atoms with Gasteiger partial charge in [-0.05, 0) is 5.56 Å². The maximum absolute atomic E-state index is 9.59. The van der Waals surface area contributed by atoms with Crippen molar-refractivity contribution in [2.24, 2.45) is 0 Å². The summed E-state index contributed by atoms with van der Waals surface area (Å²) < 4.78 is 5.30. The van der Waals surface area contributed by atoms with E-state index in [-0.39, 0.29) is 6.10 Å². The highest BCUT2D eigenvalue weighted by Crippen LogP contribution is 2.28. The Morgan fingerprint density at radius 3 is 3.00 bits per heavy atom. The molecule has 1 aromatic rings. The molecule has 1 aliphatic rings. The average Bonchev–Trinajstić information content (AvgIpc) is 2.18. The molecular formula is C11H12O2. The summed E-state index contributed by atoms with van der Waals surface area (Å²) in [5.41, 5.74) is 2.02. The second-order valence-electron chi connectivity index (χ2n) is 3.17. The van der Waals surface area contributed by atoms with Gasteiger partial charge in [0.15, 0.2) is 6.29 Å². The van der Waals surface area contributed by atoms with E-state index in [0.29, 0.717) is 0 Å². The smallest absolute Gasteiger partial charge is 0.182 e. The number of aliphatic hydroxyl groups is 1. The lowest BCUT2D eigenvalue weighted by atomic mass is 9.98. The molecule has 1 aliphatic heterocycles. The van der Waals surface area contributed by atoms with Crippen LogP contribution in [0.4, 0.5) is 0 Å². The van der Waals surface area contributed by atoms with E-state index in [1.54, 1.807) is 6.08 Å². The van der Waals surface area contributed by atoms with Crippen LogP contribution in [0, 0.1) is 0 Å². The van der Waals surface area contributed by atoms with Crippen molar-refractivity contribution in [2.75, 3.05) is 0 Å². The normalized spacial score (nSPS) is 26.5. The van der Waals surface area contributed by atoms with Gasteiger partial charge in [0.05, 0.1) is 6.10 Å². The molecule has 2 nitrogen and oxygen atoms in total. The van der Waals surface area contributed by atoms with Gasteiger partial charge in [0.25, 0.3) is 0 Å². The molecule has 13 heavy (non-hydrogen) atoms. The molecule has 0 bridgehead atoms. The van der Waals surface area contributed by atoms with Crippen molar-refractivity contribution >= 4 is 0 Å². The predicted molar refractivity (Wildman–Crippen MR) is 50.2 cm³/mol. The molecule has 2 unspecified atom stereocenters. The van der Waals surface area contributed by atoms with Crippen molar-refractivity contribution < 1.29 is 9.84 Å². The lowest BCUT2D eigenvalue weighted by Gasteiger charge is -2.27. The Bertz CT molecular complexity index is 320. The standard InChI is InChI=1S/C11H12O2/c1-2-9-7-8-5-3-4-6-10(8)11(12)13-9/h2-6,9,11-12H,1,7H2. The zero-order chi connectivity index (χ0) is 9.26. The van der Waals surface area contributed by atoms with Crippen LogP contribution >= 0.6 is 0 Å². The molecule has 2 heteroatoms. The van der Waals surface area contributed by atoms with Crippen LogP contribution in [-0.4, -0.2) is 11.2 Å². The largest absolute Gasteiger partial charge is 0.364 e. The Morgan fingerprint density at radius 1 is 1.46 bits per heavy atom. The third kappa shape index (κ3) is 1.50. The summed E-state index contributed by atoms with van der Waals surface area (Å²) in [4.78, 5) is 0. The summed E-state index contributed by atoms with van der Waals surface area (Å²) in [6.07, 6.45) is 1.66. The van der Waals surface area contributed by atoms with Crippen molar-refractivity contribution in [3.05, 3.63) is 48.0 Å². The predicted octanol–water partition coefficient (Wildman–Crippen LogP) is 1.80.